The number of benzene rings is 1. The summed E-state index contributed by atoms with van der Waals surface area (Å²) in [5, 5.41) is 15.1. The summed E-state index contributed by atoms with van der Waals surface area (Å²) >= 11 is 7.79. The lowest BCUT2D eigenvalue weighted by atomic mass is 9.94. The molecule has 0 heterocycles. The Labute approximate surface area is 124 Å². The van der Waals surface area contributed by atoms with Crippen LogP contribution >= 0.6 is 23.4 Å². The van der Waals surface area contributed by atoms with Crippen molar-refractivity contribution in [2.75, 3.05) is 12.8 Å². The summed E-state index contributed by atoms with van der Waals surface area (Å²) in [7, 11) is 0. The Morgan fingerprint density at radius 1 is 1.32 bits per heavy atom. The highest BCUT2D eigenvalue weighted by Crippen LogP contribution is 2.27. The molecule has 4 heteroatoms. The zero-order chi connectivity index (χ0) is 13.7. The molecule has 1 aromatic rings. The lowest BCUT2D eigenvalue weighted by molar-refractivity contribution is 0.166. The molecule has 3 atom stereocenters. The number of aliphatic hydroxyl groups excluding tert-OH is 1. The largest absolute Gasteiger partial charge is 0.387 e. The Kier molecular flexibility index (Phi) is 6.02. The second-order valence-electron chi connectivity index (χ2n) is 5.14. The molecule has 1 fully saturated rings. The molecule has 0 saturated heterocycles. The van der Waals surface area contributed by atoms with Crippen LogP contribution in [0.2, 0.25) is 5.02 Å². The molecule has 3 unspecified atom stereocenters. The number of nitrogens with one attached hydrogen (secondary N) is 1. The number of hydrogen-bond donors (Lipinski definition) is 2. The van der Waals surface area contributed by atoms with Crippen LogP contribution in [0.4, 0.5) is 0 Å². The summed E-state index contributed by atoms with van der Waals surface area (Å²) in [5.41, 5.74) is 0.924. The quantitative estimate of drug-likeness (QED) is 0.871. The smallest absolute Gasteiger partial charge is 0.0914 e. The second kappa shape index (κ2) is 7.53. The molecule has 1 saturated carbocycles. The van der Waals surface area contributed by atoms with Crippen LogP contribution < -0.4 is 5.32 Å². The van der Waals surface area contributed by atoms with Crippen molar-refractivity contribution >= 4 is 23.4 Å². The molecule has 0 amide bonds. The van der Waals surface area contributed by atoms with Crippen molar-refractivity contribution in [2.24, 2.45) is 0 Å². The molecule has 0 aliphatic heterocycles. The maximum Gasteiger partial charge on any atom is 0.0914 e. The van der Waals surface area contributed by atoms with Crippen LogP contribution in [0.1, 0.15) is 37.4 Å². The molecule has 19 heavy (non-hydrogen) atoms. The van der Waals surface area contributed by atoms with Crippen molar-refractivity contribution in [3.8, 4) is 0 Å². The highest BCUT2D eigenvalue weighted by molar-refractivity contribution is 7.99. The molecule has 1 aliphatic carbocycles. The minimum Gasteiger partial charge on any atom is -0.387 e. The molecule has 106 valence electrons. The fourth-order valence-corrected chi connectivity index (χ4v) is 3.77. The van der Waals surface area contributed by atoms with Crippen molar-refractivity contribution in [3.63, 3.8) is 0 Å². The Morgan fingerprint density at radius 3 is 2.68 bits per heavy atom. The summed E-state index contributed by atoms with van der Waals surface area (Å²) in [6.45, 7) is 0.614. The second-order valence-corrected chi connectivity index (χ2v) is 6.65. The first-order valence-corrected chi connectivity index (χ1v) is 8.57. The van der Waals surface area contributed by atoms with Gasteiger partial charge in [-0.2, -0.15) is 11.8 Å². The number of thioether (sulfide) groups is 1. The zero-order valence-electron chi connectivity index (χ0n) is 11.3. The highest BCUT2D eigenvalue weighted by Gasteiger charge is 2.24. The standard InChI is InChI=1S/C15H22ClNOS/c1-19-15-5-3-2-4-13(15)17-10-14(18)11-6-8-12(16)9-7-11/h6-9,13-15,17-18H,2-5,10H2,1H3. The van der Waals surface area contributed by atoms with Crippen LogP contribution in [0.15, 0.2) is 24.3 Å². The topological polar surface area (TPSA) is 32.3 Å². The Morgan fingerprint density at radius 2 is 2.00 bits per heavy atom. The molecule has 2 N–H and O–H groups in total. The van der Waals surface area contributed by atoms with E-state index in [2.05, 4.69) is 11.6 Å². The Balaban J connectivity index is 1.85. The Bertz CT molecular complexity index is 384. The van der Waals surface area contributed by atoms with E-state index in [0.29, 0.717) is 22.9 Å². The summed E-state index contributed by atoms with van der Waals surface area (Å²) in [6.07, 6.45) is 6.87. The van der Waals surface area contributed by atoms with Gasteiger partial charge in [-0.1, -0.05) is 36.6 Å². The van der Waals surface area contributed by atoms with E-state index in [1.54, 1.807) is 0 Å². The van der Waals surface area contributed by atoms with E-state index in [1.807, 2.05) is 36.0 Å². The van der Waals surface area contributed by atoms with Crippen LogP contribution in [0.25, 0.3) is 0 Å². The van der Waals surface area contributed by atoms with Gasteiger partial charge in [-0.15, -0.1) is 0 Å². The van der Waals surface area contributed by atoms with Crippen LogP contribution in [0.3, 0.4) is 0 Å². The SMILES string of the molecule is CSC1CCCCC1NCC(O)c1ccc(Cl)cc1. The van der Waals surface area contributed by atoms with Crippen molar-refractivity contribution < 1.29 is 5.11 Å². The van der Waals surface area contributed by atoms with E-state index in [9.17, 15) is 5.11 Å². The van der Waals surface area contributed by atoms with Gasteiger partial charge in [0, 0.05) is 22.9 Å². The zero-order valence-corrected chi connectivity index (χ0v) is 12.9. The summed E-state index contributed by atoms with van der Waals surface area (Å²) in [5.74, 6) is 0. The fourth-order valence-electron chi connectivity index (χ4n) is 2.68. The van der Waals surface area contributed by atoms with Crippen LogP contribution in [0, 0.1) is 0 Å². The highest BCUT2D eigenvalue weighted by atomic mass is 35.5. The molecule has 1 aromatic carbocycles. The van der Waals surface area contributed by atoms with Crippen LogP contribution in [-0.2, 0) is 0 Å². The molecule has 2 rings (SSSR count). The summed E-state index contributed by atoms with van der Waals surface area (Å²) in [6, 6.07) is 7.96. The molecule has 0 bridgehead atoms. The number of hydrogen-bond acceptors (Lipinski definition) is 3. The van der Waals surface area contributed by atoms with Gasteiger partial charge >= 0.3 is 0 Å². The molecule has 0 aromatic heterocycles. The third kappa shape index (κ3) is 4.38. The summed E-state index contributed by atoms with van der Waals surface area (Å²) < 4.78 is 0. The summed E-state index contributed by atoms with van der Waals surface area (Å²) in [4.78, 5) is 0. The van der Waals surface area contributed by atoms with Gasteiger partial charge in [0.1, 0.15) is 0 Å². The van der Waals surface area contributed by atoms with Crippen LogP contribution in [-0.4, -0.2) is 29.2 Å². The number of halogens is 1. The fraction of sp³-hybridized carbons (Fsp3) is 0.600. The van der Waals surface area contributed by atoms with E-state index in [1.165, 1.54) is 25.7 Å². The molecular weight excluding hydrogens is 278 g/mol. The van der Waals surface area contributed by atoms with Gasteiger partial charge in [0.15, 0.2) is 0 Å². The molecule has 2 nitrogen and oxygen atoms in total. The van der Waals surface area contributed by atoms with Gasteiger partial charge in [-0.25, -0.2) is 0 Å². The van der Waals surface area contributed by atoms with Crippen molar-refractivity contribution in [1.82, 2.24) is 5.32 Å². The maximum absolute atomic E-state index is 10.2. The molecule has 1 aliphatic rings. The third-order valence-electron chi connectivity index (χ3n) is 3.83. The van der Waals surface area contributed by atoms with E-state index in [4.69, 9.17) is 11.6 Å². The normalized spacial score (nSPS) is 25.2. The van der Waals surface area contributed by atoms with Crippen molar-refractivity contribution in [3.05, 3.63) is 34.9 Å². The Hall–Kier alpha value is -0.220. The minimum atomic E-state index is -0.457. The predicted molar refractivity (Wildman–Crippen MR) is 84.0 cm³/mol. The van der Waals surface area contributed by atoms with Gasteiger partial charge in [0.2, 0.25) is 0 Å². The number of rotatable bonds is 5. The first kappa shape index (κ1) is 15.2. The van der Waals surface area contributed by atoms with E-state index >= 15 is 0 Å². The van der Waals surface area contributed by atoms with Crippen molar-refractivity contribution in [2.45, 2.75) is 43.1 Å². The lowest BCUT2D eigenvalue weighted by Crippen LogP contribution is -2.42. The lowest BCUT2D eigenvalue weighted by Gasteiger charge is -2.31. The third-order valence-corrected chi connectivity index (χ3v) is 5.26. The monoisotopic (exact) mass is 299 g/mol. The number of aliphatic hydroxyl groups is 1. The molecular formula is C15H22ClNOS. The van der Waals surface area contributed by atoms with Crippen LogP contribution in [0.5, 0.6) is 0 Å². The average molecular weight is 300 g/mol. The van der Waals surface area contributed by atoms with E-state index < -0.39 is 6.10 Å². The van der Waals surface area contributed by atoms with Gasteiger partial charge < -0.3 is 10.4 Å². The predicted octanol–water partition coefficient (Wildman–Crippen LogP) is 3.64. The van der Waals surface area contributed by atoms with Gasteiger partial charge in [-0.3, -0.25) is 0 Å². The molecule has 0 spiro atoms. The minimum absolute atomic E-state index is 0.457. The first-order chi connectivity index (χ1) is 9.20. The van der Waals surface area contributed by atoms with Gasteiger partial charge in [0.25, 0.3) is 0 Å². The molecule has 0 radical (unpaired) electrons. The first-order valence-electron chi connectivity index (χ1n) is 6.90. The van der Waals surface area contributed by atoms with Crippen molar-refractivity contribution in [1.29, 1.82) is 0 Å². The van der Waals surface area contributed by atoms with Gasteiger partial charge in [-0.05, 0) is 36.8 Å². The van der Waals surface area contributed by atoms with Gasteiger partial charge in [0.05, 0.1) is 6.10 Å². The average Bonchev–Trinajstić information content (AvgIpc) is 2.45. The van der Waals surface area contributed by atoms with E-state index in [-0.39, 0.29) is 0 Å². The maximum atomic E-state index is 10.2. The van der Waals surface area contributed by atoms with E-state index in [0.717, 1.165) is 5.56 Å².